The number of rotatable bonds is 8. The lowest BCUT2D eigenvalue weighted by Crippen LogP contribution is -2.38. The number of anilines is 1. The van der Waals surface area contributed by atoms with Gasteiger partial charge in [-0.2, -0.15) is 4.98 Å². The molecule has 3 aromatic heterocycles. The van der Waals surface area contributed by atoms with Gasteiger partial charge in [0.1, 0.15) is 10.7 Å². The zero-order valence-electron chi connectivity index (χ0n) is 18.7. The molecular formula is C23H27N5O4S. The first-order valence-corrected chi connectivity index (χ1v) is 12.0. The molecule has 1 N–H and O–H groups in total. The molecule has 174 valence electrons. The highest BCUT2D eigenvalue weighted by atomic mass is 32.1. The third-order valence-electron chi connectivity index (χ3n) is 5.52. The van der Waals surface area contributed by atoms with Crippen molar-refractivity contribution in [2.24, 2.45) is 0 Å². The molecule has 0 radical (unpaired) electrons. The number of aromatic nitrogens is 3. The van der Waals surface area contributed by atoms with Crippen molar-refractivity contribution in [3.05, 3.63) is 46.8 Å². The Morgan fingerprint density at radius 2 is 2.09 bits per heavy atom. The fourth-order valence-electron chi connectivity index (χ4n) is 3.78. The van der Waals surface area contributed by atoms with Crippen LogP contribution in [-0.2, 0) is 16.0 Å². The van der Waals surface area contributed by atoms with E-state index in [1.165, 1.54) is 11.3 Å². The van der Waals surface area contributed by atoms with Gasteiger partial charge in [-0.25, -0.2) is 4.79 Å². The Kier molecular flexibility index (Phi) is 7.46. The number of pyridine rings is 1. The fourth-order valence-corrected chi connectivity index (χ4v) is 4.78. The Labute approximate surface area is 196 Å². The minimum Gasteiger partial charge on any atom is -0.462 e. The second-order valence-corrected chi connectivity index (χ2v) is 8.94. The number of aryl methyl sites for hydroxylation is 1. The Balaban J connectivity index is 1.31. The second kappa shape index (κ2) is 10.7. The molecule has 1 fully saturated rings. The van der Waals surface area contributed by atoms with Crippen LogP contribution in [0.2, 0.25) is 0 Å². The highest BCUT2D eigenvalue weighted by Gasteiger charge is 2.27. The van der Waals surface area contributed by atoms with Gasteiger partial charge in [-0.3, -0.25) is 14.7 Å². The van der Waals surface area contributed by atoms with Gasteiger partial charge in [-0.1, -0.05) is 18.1 Å². The van der Waals surface area contributed by atoms with E-state index >= 15 is 0 Å². The van der Waals surface area contributed by atoms with Crippen molar-refractivity contribution < 1.29 is 18.8 Å². The second-order valence-electron chi connectivity index (χ2n) is 7.80. The summed E-state index contributed by atoms with van der Waals surface area (Å²) in [4.78, 5) is 36.8. The van der Waals surface area contributed by atoms with Crippen molar-refractivity contribution in [1.82, 2.24) is 20.0 Å². The van der Waals surface area contributed by atoms with E-state index in [0.29, 0.717) is 34.6 Å². The maximum Gasteiger partial charge on any atom is 0.341 e. The molecule has 1 amide bonds. The largest absolute Gasteiger partial charge is 0.462 e. The van der Waals surface area contributed by atoms with Crippen LogP contribution in [0.15, 0.2) is 35.0 Å². The van der Waals surface area contributed by atoms with Crippen molar-refractivity contribution >= 4 is 28.2 Å². The first-order valence-electron chi connectivity index (χ1n) is 11.1. The van der Waals surface area contributed by atoms with Gasteiger partial charge < -0.3 is 14.6 Å². The van der Waals surface area contributed by atoms with Crippen LogP contribution in [0.1, 0.15) is 53.7 Å². The minimum atomic E-state index is -0.408. The Bertz CT molecular complexity index is 1090. The standard InChI is InChI=1S/C23H27N5O4S/c1-3-16-13-17(23(30)31-4-2)22(33-16)25-19(29)14-28-11-8-15(9-12-28)21-26-20(27-32-21)18-7-5-6-10-24-18/h5-7,10,13,15H,3-4,8-9,11-12,14H2,1-2H3,(H,25,29). The number of piperidine rings is 1. The van der Waals surface area contributed by atoms with Crippen molar-refractivity contribution in [1.29, 1.82) is 0 Å². The summed E-state index contributed by atoms with van der Waals surface area (Å²) in [6.07, 6.45) is 4.14. The zero-order valence-corrected chi connectivity index (χ0v) is 19.6. The molecule has 0 spiro atoms. The monoisotopic (exact) mass is 469 g/mol. The molecular weight excluding hydrogens is 442 g/mol. The maximum absolute atomic E-state index is 12.7. The number of carbonyl (C=O) groups is 2. The Hall–Kier alpha value is -3.11. The third-order valence-corrected chi connectivity index (χ3v) is 6.71. The smallest absolute Gasteiger partial charge is 0.341 e. The van der Waals surface area contributed by atoms with Crippen LogP contribution < -0.4 is 5.32 Å². The highest BCUT2D eigenvalue weighted by molar-refractivity contribution is 7.16. The molecule has 0 aromatic carbocycles. The highest BCUT2D eigenvalue weighted by Crippen LogP contribution is 2.30. The SMILES string of the molecule is CCOC(=O)c1cc(CC)sc1NC(=O)CN1CCC(c2nc(-c3ccccn3)no2)CC1. The summed E-state index contributed by atoms with van der Waals surface area (Å²) in [6.45, 7) is 5.82. The number of esters is 1. The average Bonchev–Trinajstić information content (AvgIpc) is 3.48. The number of hydrogen-bond acceptors (Lipinski definition) is 9. The van der Waals surface area contributed by atoms with E-state index < -0.39 is 5.97 Å². The molecule has 0 saturated carbocycles. The molecule has 4 heterocycles. The van der Waals surface area contributed by atoms with Crippen molar-refractivity contribution in [3.63, 3.8) is 0 Å². The summed E-state index contributed by atoms with van der Waals surface area (Å²) in [7, 11) is 0. The van der Waals surface area contributed by atoms with E-state index in [0.717, 1.165) is 37.2 Å². The van der Waals surface area contributed by atoms with Crippen molar-refractivity contribution in [2.45, 2.75) is 39.0 Å². The molecule has 0 unspecified atom stereocenters. The average molecular weight is 470 g/mol. The molecule has 0 bridgehead atoms. The normalized spacial score (nSPS) is 14.8. The summed E-state index contributed by atoms with van der Waals surface area (Å²) in [6, 6.07) is 7.37. The molecule has 33 heavy (non-hydrogen) atoms. The van der Waals surface area contributed by atoms with Gasteiger partial charge in [-0.05, 0) is 57.5 Å². The van der Waals surface area contributed by atoms with E-state index in [1.807, 2.05) is 25.1 Å². The van der Waals surface area contributed by atoms with Gasteiger partial charge in [-0.15, -0.1) is 11.3 Å². The maximum atomic E-state index is 12.7. The molecule has 10 heteroatoms. The fraction of sp³-hybridized carbons (Fsp3) is 0.435. The number of likely N-dealkylation sites (tertiary alicyclic amines) is 1. The molecule has 9 nitrogen and oxygen atoms in total. The van der Waals surface area contributed by atoms with Crippen LogP contribution in [0.25, 0.3) is 11.5 Å². The van der Waals surface area contributed by atoms with Crippen LogP contribution in [0.3, 0.4) is 0 Å². The van der Waals surface area contributed by atoms with Gasteiger partial charge in [0.15, 0.2) is 0 Å². The van der Waals surface area contributed by atoms with Gasteiger partial charge >= 0.3 is 5.97 Å². The Morgan fingerprint density at radius 3 is 2.79 bits per heavy atom. The summed E-state index contributed by atoms with van der Waals surface area (Å²) in [5.74, 6) is 0.721. The molecule has 0 atom stereocenters. The lowest BCUT2D eigenvalue weighted by Gasteiger charge is -2.29. The first-order chi connectivity index (χ1) is 16.1. The van der Waals surface area contributed by atoms with Gasteiger partial charge in [0.25, 0.3) is 0 Å². The van der Waals surface area contributed by atoms with Gasteiger partial charge in [0, 0.05) is 17.0 Å². The molecule has 1 aliphatic heterocycles. The lowest BCUT2D eigenvalue weighted by molar-refractivity contribution is -0.117. The van der Waals surface area contributed by atoms with E-state index in [2.05, 4.69) is 25.3 Å². The van der Waals surface area contributed by atoms with Crippen LogP contribution in [0.5, 0.6) is 0 Å². The van der Waals surface area contributed by atoms with Crippen LogP contribution in [0.4, 0.5) is 5.00 Å². The molecule has 1 aliphatic rings. The topological polar surface area (TPSA) is 110 Å². The Morgan fingerprint density at radius 1 is 1.27 bits per heavy atom. The van der Waals surface area contributed by atoms with Crippen molar-refractivity contribution in [2.75, 3.05) is 31.6 Å². The lowest BCUT2D eigenvalue weighted by atomic mass is 9.97. The molecule has 3 aromatic rings. The van der Waals surface area contributed by atoms with E-state index in [-0.39, 0.29) is 18.4 Å². The number of ether oxygens (including phenoxy) is 1. The molecule has 0 aliphatic carbocycles. The zero-order chi connectivity index (χ0) is 23.2. The summed E-state index contributed by atoms with van der Waals surface area (Å²) in [5.41, 5.74) is 1.11. The quantitative estimate of drug-likeness (QED) is 0.497. The van der Waals surface area contributed by atoms with Crippen LogP contribution in [-0.4, -0.2) is 58.1 Å². The van der Waals surface area contributed by atoms with E-state index in [4.69, 9.17) is 9.26 Å². The molecule has 4 rings (SSSR count). The number of thiophene rings is 1. The number of nitrogens with one attached hydrogen (secondary N) is 1. The summed E-state index contributed by atoms with van der Waals surface area (Å²) >= 11 is 1.42. The predicted octanol–water partition coefficient (Wildman–Crippen LogP) is 3.75. The van der Waals surface area contributed by atoms with Crippen LogP contribution >= 0.6 is 11.3 Å². The van der Waals surface area contributed by atoms with E-state index in [1.54, 1.807) is 19.2 Å². The number of carbonyl (C=O) groups excluding carboxylic acids is 2. The number of nitrogens with zero attached hydrogens (tertiary/aromatic N) is 4. The minimum absolute atomic E-state index is 0.140. The van der Waals surface area contributed by atoms with Gasteiger partial charge in [0.05, 0.1) is 18.7 Å². The number of hydrogen-bond donors (Lipinski definition) is 1. The van der Waals surface area contributed by atoms with E-state index in [9.17, 15) is 9.59 Å². The van der Waals surface area contributed by atoms with Crippen molar-refractivity contribution in [3.8, 4) is 11.5 Å². The third kappa shape index (κ3) is 5.63. The first kappa shape index (κ1) is 23.1. The summed E-state index contributed by atoms with van der Waals surface area (Å²) in [5, 5.41) is 7.52. The molecule has 1 saturated heterocycles. The summed E-state index contributed by atoms with van der Waals surface area (Å²) < 4.78 is 10.6. The predicted molar refractivity (Wildman–Crippen MR) is 124 cm³/mol. The van der Waals surface area contributed by atoms with Gasteiger partial charge in [0.2, 0.25) is 17.6 Å². The number of amides is 1. The van der Waals surface area contributed by atoms with Crippen LogP contribution in [0, 0.1) is 0 Å².